The summed E-state index contributed by atoms with van der Waals surface area (Å²) in [7, 11) is 0. The first-order chi connectivity index (χ1) is 14.1. The Balaban J connectivity index is 1.58. The van der Waals surface area contributed by atoms with E-state index in [1.807, 2.05) is 37.3 Å². The van der Waals surface area contributed by atoms with Crippen LogP contribution in [0.25, 0.3) is 0 Å². The third-order valence-electron chi connectivity index (χ3n) is 6.86. The van der Waals surface area contributed by atoms with Gasteiger partial charge in [0.15, 0.2) is 0 Å². The fourth-order valence-corrected chi connectivity index (χ4v) is 5.90. The molecule has 142 valence electrons. The number of hydrogen-bond acceptors (Lipinski definition) is 2. The summed E-state index contributed by atoms with van der Waals surface area (Å²) in [6.45, 7) is 1.91. The minimum absolute atomic E-state index is 0.0849. The molecule has 0 N–H and O–H groups in total. The van der Waals surface area contributed by atoms with E-state index >= 15 is 0 Å². The summed E-state index contributed by atoms with van der Waals surface area (Å²) in [6, 6.07) is 21.9. The zero-order valence-corrected chi connectivity index (χ0v) is 16.6. The van der Waals surface area contributed by atoms with Gasteiger partial charge < -0.3 is 0 Å². The van der Waals surface area contributed by atoms with E-state index in [1.165, 1.54) is 27.2 Å². The van der Waals surface area contributed by atoms with E-state index in [9.17, 15) is 9.59 Å². The molecule has 3 nitrogen and oxygen atoms in total. The highest BCUT2D eigenvalue weighted by Crippen LogP contribution is 2.61. The van der Waals surface area contributed by atoms with Crippen LogP contribution in [0.4, 0.5) is 5.69 Å². The second-order valence-corrected chi connectivity index (χ2v) is 8.64. The Morgan fingerprint density at radius 2 is 1.17 bits per heavy atom. The van der Waals surface area contributed by atoms with E-state index in [4.69, 9.17) is 11.6 Å². The van der Waals surface area contributed by atoms with Crippen LogP contribution < -0.4 is 4.90 Å². The van der Waals surface area contributed by atoms with Crippen LogP contribution in [-0.2, 0) is 9.59 Å². The van der Waals surface area contributed by atoms with Gasteiger partial charge in [0.1, 0.15) is 0 Å². The summed E-state index contributed by atoms with van der Waals surface area (Å²) >= 11 is 6.21. The summed E-state index contributed by atoms with van der Waals surface area (Å²) < 4.78 is 0. The number of benzene rings is 3. The number of imide groups is 1. The first-order valence-corrected chi connectivity index (χ1v) is 10.3. The Labute approximate surface area is 173 Å². The molecule has 3 aliphatic carbocycles. The van der Waals surface area contributed by atoms with E-state index in [1.54, 1.807) is 12.1 Å². The normalized spacial score (nSPS) is 26.3. The second kappa shape index (κ2) is 5.80. The molecule has 1 saturated heterocycles. The molecular formula is C25H18ClNO2. The lowest BCUT2D eigenvalue weighted by Crippen LogP contribution is -2.41. The summed E-state index contributed by atoms with van der Waals surface area (Å²) in [5, 5.41) is 0.524. The van der Waals surface area contributed by atoms with Crippen molar-refractivity contribution in [1.82, 2.24) is 0 Å². The monoisotopic (exact) mass is 399 g/mol. The number of halogens is 1. The zero-order valence-electron chi connectivity index (χ0n) is 15.8. The summed E-state index contributed by atoms with van der Waals surface area (Å²) in [6.07, 6.45) is 0. The lowest BCUT2D eigenvalue weighted by Gasteiger charge is -2.45. The summed E-state index contributed by atoms with van der Waals surface area (Å²) in [5.41, 5.74) is 6.21. The van der Waals surface area contributed by atoms with Crippen molar-refractivity contribution in [2.24, 2.45) is 11.8 Å². The van der Waals surface area contributed by atoms with Crippen LogP contribution in [-0.4, -0.2) is 11.8 Å². The number of amides is 2. The molecule has 2 atom stereocenters. The third kappa shape index (κ3) is 2.09. The molecule has 1 aliphatic heterocycles. The number of aryl methyl sites for hydroxylation is 1. The summed E-state index contributed by atoms with van der Waals surface area (Å²) in [5.74, 6) is -1.11. The van der Waals surface area contributed by atoms with Crippen molar-refractivity contribution in [3.8, 4) is 0 Å². The number of carbonyl (C=O) groups excluding carboxylic acids is 2. The molecule has 4 aliphatic rings. The maximum Gasteiger partial charge on any atom is 0.238 e. The highest BCUT2D eigenvalue weighted by molar-refractivity contribution is 6.31. The predicted molar refractivity (Wildman–Crippen MR) is 112 cm³/mol. The first kappa shape index (κ1) is 17.0. The zero-order chi connectivity index (χ0) is 19.9. The van der Waals surface area contributed by atoms with Gasteiger partial charge in [-0.3, -0.25) is 9.59 Å². The number of rotatable bonds is 1. The Morgan fingerprint density at radius 1 is 0.724 bits per heavy atom. The fraction of sp³-hybridized carbons (Fsp3) is 0.200. The molecule has 7 rings (SSSR count). The van der Waals surface area contributed by atoms with Gasteiger partial charge in [-0.15, -0.1) is 0 Å². The highest BCUT2D eigenvalue weighted by atomic mass is 35.5. The van der Waals surface area contributed by atoms with Crippen molar-refractivity contribution in [3.63, 3.8) is 0 Å². The first-order valence-electron chi connectivity index (χ1n) is 9.89. The van der Waals surface area contributed by atoms with Gasteiger partial charge in [0, 0.05) is 16.9 Å². The van der Waals surface area contributed by atoms with Crippen molar-refractivity contribution >= 4 is 29.1 Å². The molecule has 2 amide bonds. The quantitative estimate of drug-likeness (QED) is 0.537. The Bertz CT molecular complexity index is 1100. The number of hydrogen-bond donors (Lipinski definition) is 0. The van der Waals surface area contributed by atoms with Gasteiger partial charge in [-0.1, -0.05) is 66.2 Å². The smallest absolute Gasteiger partial charge is 0.238 e. The lowest BCUT2D eigenvalue weighted by atomic mass is 9.55. The van der Waals surface area contributed by atoms with Gasteiger partial charge in [-0.25, -0.2) is 4.90 Å². The van der Waals surface area contributed by atoms with Gasteiger partial charge >= 0.3 is 0 Å². The molecule has 0 aromatic heterocycles. The maximum atomic E-state index is 13.7. The van der Waals surface area contributed by atoms with Gasteiger partial charge in [0.25, 0.3) is 0 Å². The minimum atomic E-state index is -0.365. The highest BCUT2D eigenvalue weighted by Gasteiger charge is 2.61. The topological polar surface area (TPSA) is 37.4 Å². The third-order valence-corrected chi connectivity index (χ3v) is 7.10. The Hall–Kier alpha value is -2.91. The molecule has 1 heterocycles. The number of anilines is 1. The second-order valence-electron chi connectivity index (χ2n) is 8.21. The summed E-state index contributed by atoms with van der Waals surface area (Å²) in [4.78, 5) is 28.8. The van der Waals surface area contributed by atoms with Crippen LogP contribution in [0, 0.1) is 18.8 Å². The van der Waals surface area contributed by atoms with Crippen LogP contribution in [0.5, 0.6) is 0 Å². The van der Waals surface area contributed by atoms with Crippen molar-refractivity contribution in [3.05, 3.63) is 99.6 Å². The molecule has 4 heteroatoms. The maximum absolute atomic E-state index is 13.7. The van der Waals surface area contributed by atoms with Crippen LogP contribution in [0.2, 0.25) is 5.02 Å². The van der Waals surface area contributed by atoms with E-state index in [2.05, 4.69) is 24.3 Å². The molecule has 2 bridgehead atoms. The predicted octanol–water partition coefficient (Wildman–Crippen LogP) is 5.05. The van der Waals surface area contributed by atoms with Crippen LogP contribution in [0.15, 0.2) is 66.7 Å². The van der Waals surface area contributed by atoms with Crippen molar-refractivity contribution in [2.75, 3.05) is 4.90 Å². The average Bonchev–Trinajstić information content (AvgIpc) is 3.01. The van der Waals surface area contributed by atoms with Crippen molar-refractivity contribution in [1.29, 1.82) is 0 Å². The van der Waals surface area contributed by atoms with Crippen molar-refractivity contribution in [2.45, 2.75) is 18.8 Å². The Kier molecular flexibility index (Phi) is 3.40. The van der Waals surface area contributed by atoms with Gasteiger partial charge in [0.05, 0.1) is 17.5 Å². The molecule has 0 unspecified atom stereocenters. The minimum Gasteiger partial charge on any atom is -0.274 e. The van der Waals surface area contributed by atoms with Crippen molar-refractivity contribution < 1.29 is 9.59 Å². The molecule has 0 spiro atoms. The van der Waals surface area contributed by atoms with E-state index in [-0.39, 0.29) is 35.5 Å². The van der Waals surface area contributed by atoms with Crippen LogP contribution in [0.1, 0.15) is 39.7 Å². The van der Waals surface area contributed by atoms with Gasteiger partial charge in [-0.05, 0) is 46.9 Å². The average molecular weight is 400 g/mol. The van der Waals surface area contributed by atoms with Gasteiger partial charge in [-0.2, -0.15) is 0 Å². The Morgan fingerprint density at radius 3 is 1.62 bits per heavy atom. The number of carbonyl (C=O) groups is 2. The standard InChI is InChI=1S/C25H18ClNO2/c1-13-10-11-14(26)12-19(13)27-24(28)22-20-15-6-2-3-7-16(15)21(23(22)25(27)29)18-9-5-4-8-17(18)20/h2-12,20-23H,1H3/t20?,21?,22-,23+. The number of nitrogens with zero attached hydrogens (tertiary/aromatic N) is 1. The molecule has 29 heavy (non-hydrogen) atoms. The largest absolute Gasteiger partial charge is 0.274 e. The van der Waals surface area contributed by atoms with Gasteiger partial charge in [0.2, 0.25) is 11.8 Å². The molecule has 3 aromatic rings. The van der Waals surface area contributed by atoms with Crippen LogP contribution >= 0.6 is 11.6 Å². The molecule has 3 aromatic carbocycles. The SMILES string of the molecule is Cc1ccc(Cl)cc1N1C(=O)[C@@H]2C3c4ccccc4C(c4ccccc43)[C@@H]2C1=O. The van der Waals surface area contributed by atoms with E-state index in [0.717, 1.165) is 5.56 Å². The lowest BCUT2D eigenvalue weighted by molar-refractivity contribution is -0.122. The fourth-order valence-electron chi connectivity index (χ4n) is 5.74. The molecule has 0 radical (unpaired) electrons. The molecular weight excluding hydrogens is 382 g/mol. The van der Waals surface area contributed by atoms with E-state index in [0.29, 0.717) is 10.7 Å². The molecule has 1 fully saturated rings. The molecule has 0 saturated carbocycles. The van der Waals surface area contributed by atoms with Crippen LogP contribution in [0.3, 0.4) is 0 Å². The van der Waals surface area contributed by atoms with E-state index < -0.39 is 0 Å².